The van der Waals surface area contributed by atoms with Gasteiger partial charge in [0.1, 0.15) is 24.4 Å². The summed E-state index contributed by atoms with van der Waals surface area (Å²) in [6.07, 6.45) is -9.92. The Balaban J connectivity index is -0.000000500. The van der Waals surface area contributed by atoms with Gasteiger partial charge in [-0.25, -0.2) is 0 Å². The van der Waals surface area contributed by atoms with Crippen LogP contribution in [-0.2, 0) is 22.9 Å². The van der Waals surface area contributed by atoms with E-state index in [-0.39, 0.29) is 206 Å². The third kappa shape index (κ3) is 15.4. The summed E-state index contributed by atoms with van der Waals surface area (Å²) in [5.74, 6) is 0. The van der Waals surface area contributed by atoms with Gasteiger partial charge in [-0.3, -0.25) is 0 Å². The van der Waals surface area contributed by atoms with Crippen LogP contribution < -0.4 is 225 Å². The van der Waals surface area contributed by atoms with Gasteiger partial charge in [-0.15, -0.1) is 0 Å². The number of rotatable bonds is 5. The molecule has 5 atom stereocenters. The summed E-state index contributed by atoms with van der Waals surface area (Å²) in [6.45, 7) is -1.07. The van der Waals surface area contributed by atoms with Crippen molar-refractivity contribution in [2.24, 2.45) is 0 Å². The molecule has 24 heavy (non-hydrogen) atoms. The fourth-order valence-electron chi connectivity index (χ4n) is 1.43. The predicted octanol–water partition coefficient (Wildman–Crippen LogP) is -17.5. The van der Waals surface area contributed by atoms with E-state index in [0.29, 0.717) is 0 Å². The Morgan fingerprint density at radius 1 is 0.833 bits per heavy atom. The minimum absolute atomic E-state index is 0. The topological polar surface area (TPSA) is 215 Å². The van der Waals surface area contributed by atoms with Crippen molar-refractivity contribution in [1.82, 2.24) is 0 Å². The minimum atomic E-state index is -5.59. The van der Waals surface area contributed by atoms with Gasteiger partial charge in [0.15, 0.2) is 6.29 Å². The molecule has 1 saturated heterocycles. The Bertz CT molecular complexity index is 428. The van der Waals surface area contributed by atoms with Gasteiger partial charge in [-0.2, -0.15) is 0 Å². The first-order valence-corrected chi connectivity index (χ1v) is 7.89. The molecule has 0 saturated carbocycles. The van der Waals surface area contributed by atoms with E-state index < -0.39 is 53.0 Å². The van der Waals surface area contributed by atoms with Gasteiger partial charge in [0.05, 0.1) is 22.3 Å². The summed E-state index contributed by atoms with van der Waals surface area (Å²) in [4.78, 5) is 41.3. The predicted molar refractivity (Wildman–Crippen MR) is 48.9 cm³/mol. The molecule has 0 spiro atoms. The zero-order chi connectivity index (χ0) is 15.7. The maximum Gasteiger partial charge on any atom is 1.00 e. The second-order valence-corrected chi connectivity index (χ2v) is 6.07. The van der Waals surface area contributed by atoms with Crippen LogP contribution in [0, 0.1) is 0 Å². The Morgan fingerprint density at radius 3 is 1.67 bits per heavy atom. The summed E-state index contributed by atoms with van der Waals surface area (Å²) < 4.78 is 32.8. The molecular formula is C6H10K4O12P2. The Morgan fingerprint density at radius 2 is 1.29 bits per heavy atom. The summed E-state index contributed by atoms with van der Waals surface area (Å²) in [5.41, 5.74) is 0. The zero-order valence-electron chi connectivity index (χ0n) is 13.5. The fraction of sp³-hybridized carbons (Fsp3) is 1.00. The van der Waals surface area contributed by atoms with Crippen LogP contribution in [0.4, 0.5) is 0 Å². The summed E-state index contributed by atoms with van der Waals surface area (Å²) >= 11 is 0. The molecule has 0 aromatic heterocycles. The molecule has 120 valence electrons. The Hall–Kier alpha value is 6.61. The number of aliphatic hydroxyl groups excluding tert-OH is 3. The van der Waals surface area contributed by atoms with Gasteiger partial charge in [0.2, 0.25) is 0 Å². The number of aliphatic hydroxyl groups is 3. The van der Waals surface area contributed by atoms with E-state index in [2.05, 4.69) is 13.8 Å². The van der Waals surface area contributed by atoms with Gasteiger partial charge >= 0.3 is 206 Å². The first-order valence-electron chi connectivity index (χ1n) is 4.97. The summed E-state index contributed by atoms with van der Waals surface area (Å²) in [5, 5.41) is 28.1. The van der Waals surface area contributed by atoms with Gasteiger partial charge in [0.25, 0.3) is 0 Å². The maximum absolute atomic E-state index is 10.4. The molecule has 0 radical (unpaired) electrons. The van der Waals surface area contributed by atoms with E-state index in [4.69, 9.17) is 0 Å². The number of ether oxygens (including phenoxy) is 1. The van der Waals surface area contributed by atoms with Crippen molar-refractivity contribution in [3.63, 3.8) is 0 Å². The monoisotopic (exact) mass is 492 g/mol. The van der Waals surface area contributed by atoms with Crippen LogP contribution in [0.2, 0.25) is 0 Å². The van der Waals surface area contributed by atoms with Crippen molar-refractivity contribution < 1.29 is 263 Å². The SMILES string of the molecule is O=P([O-])([O-])OC[C@H]1O[C@H](OP(=O)([O-])[O-])[C@H](O)[C@@H](O)[C@@H]1O.[K+].[K+].[K+].[K+]. The van der Waals surface area contributed by atoms with E-state index in [1.54, 1.807) is 0 Å². The van der Waals surface area contributed by atoms with E-state index in [0.717, 1.165) is 0 Å². The van der Waals surface area contributed by atoms with Crippen molar-refractivity contribution in [1.29, 1.82) is 0 Å². The second kappa shape index (κ2) is 17.1. The average Bonchev–Trinajstić information content (AvgIpc) is 2.25. The second-order valence-electron chi connectivity index (χ2n) is 3.81. The van der Waals surface area contributed by atoms with Gasteiger partial charge in [-0.05, 0) is 0 Å². The molecule has 0 aromatic carbocycles. The molecule has 18 heteroatoms. The molecule has 0 aliphatic carbocycles. The van der Waals surface area contributed by atoms with Gasteiger partial charge < -0.3 is 57.8 Å². The molecule has 1 fully saturated rings. The van der Waals surface area contributed by atoms with Crippen molar-refractivity contribution in [3.05, 3.63) is 0 Å². The van der Waals surface area contributed by atoms with Crippen LogP contribution in [0.1, 0.15) is 0 Å². The molecule has 0 amide bonds. The van der Waals surface area contributed by atoms with Gasteiger partial charge in [0, 0.05) is 0 Å². The smallest absolute Gasteiger partial charge is 0.790 e. The quantitative estimate of drug-likeness (QED) is 0.241. The third-order valence-electron chi connectivity index (χ3n) is 2.30. The molecule has 12 nitrogen and oxygen atoms in total. The molecule has 1 rings (SSSR count). The maximum atomic E-state index is 10.4. The number of hydrogen-bond donors (Lipinski definition) is 3. The number of hydrogen-bond acceptors (Lipinski definition) is 12. The van der Waals surface area contributed by atoms with Crippen molar-refractivity contribution in [2.45, 2.75) is 30.7 Å². The largest absolute Gasteiger partial charge is 1.00 e. The first kappa shape index (κ1) is 37.9. The Labute approximate surface area is 307 Å². The normalized spacial score (nSPS) is 30.0. The van der Waals surface area contributed by atoms with Crippen LogP contribution >= 0.6 is 15.6 Å². The van der Waals surface area contributed by atoms with E-state index >= 15 is 0 Å². The summed E-state index contributed by atoms with van der Waals surface area (Å²) in [6, 6.07) is 0. The standard InChI is InChI=1S/C6H14O12P2.4K/c7-3-2(1-16-19(10,11)12)17-6(5(9)4(3)8)18-20(13,14)15;;;;/h2-9H,1H2,(H2,10,11,12)(H2,13,14,15);;;;/q;4*+1/p-4/t2-,3-,4+,5-,6-;;;;/m1..../s1. The van der Waals surface area contributed by atoms with Crippen molar-refractivity contribution >= 4 is 15.6 Å². The third-order valence-corrected chi connectivity index (χ3v) is 3.23. The zero-order valence-corrected chi connectivity index (χ0v) is 27.8. The molecule has 3 N–H and O–H groups in total. The van der Waals surface area contributed by atoms with Crippen LogP contribution in [0.5, 0.6) is 0 Å². The van der Waals surface area contributed by atoms with Crippen LogP contribution in [0.25, 0.3) is 0 Å². The van der Waals surface area contributed by atoms with Crippen LogP contribution in [-0.4, -0.2) is 52.6 Å². The molecule has 0 bridgehead atoms. The van der Waals surface area contributed by atoms with Crippen molar-refractivity contribution in [2.75, 3.05) is 6.61 Å². The van der Waals surface area contributed by atoms with Crippen LogP contribution in [0.15, 0.2) is 0 Å². The molecule has 1 aliphatic heterocycles. The molecule has 1 heterocycles. The van der Waals surface area contributed by atoms with E-state index in [1.807, 2.05) is 0 Å². The van der Waals surface area contributed by atoms with E-state index in [9.17, 15) is 44.0 Å². The average molecular weight is 492 g/mol. The molecular weight excluding hydrogens is 482 g/mol. The minimum Gasteiger partial charge on any atom is -0.790 e. The fourth-order valence-corrected chi connectivity index (χ4v) is 2.19. The molecule has 1 aliphatic rings. The first-order chi connectivity index (χ1) is 8.91. The Kier molecular flexibility index (Phi) is 27.0. The van der Waals surface area contributed by atoms with E-state index in [1.165, 1.54) is 0 Å². The number of phosphoric ester groups is 2. The molecule has 0 unspecified atom stereocenters. The van der Waals surface area contributed by atoms with Gasteiger partial charge in [-0.1, -0.05) is 0 Å². The number of phosphoric acid groups is 2. The summed E-state index contributed by atoms with van der Waals surface area (Å²) in [7, 11) is -11.0. The van der Waals surface area contributed by atoms with Crippen molar-refractivity contribution in [3.8, 4) is 0 Å². The van der Waals surface area contributed by atoms with Crippen LogP contribution in [0.3, 0.4) is 0 Å². The molecule has 0 aromatic rings.